The van der Waals surface area contributed by atoms with Gasteiger partial charge in [-0.1, -0.05) is 0 Å². The maximum Gasteiger partial charge on any atom is 0.225 e. The molecule has 2 rings (SSSR count). The highest BCUT2D eigenvalue weighted by atomic mass is 16.2. The number of rotatable bonds is 4. The number of carbonyl (C=O) groups is 1. The predicted molar refractivity (Wildman–Crippen MR) is 66.6 cm³/mol. The van der Waals surface area contributed by atoms with Gasteiger partial charge in [0.2, 0.25) is 5.91 Å². The van der Waals surface area contributed by atoms with Gasteiger partial charge in [-0.2, -0.15) is 5.10 Å². The molecular weight excluding hydrogens is 214 g/mol. The summed E-state index contributed by atoms with van der Waals surface area (Å²) < 4.78 is 2.00. The third kappa shape index (κ3) is 2.35. The Bertz CT molecular complexity index is 432. The van der Waals surface area contributed by atoms with Crippen molar-refractivity contribution in [3.05, 3.63) is 17.0 Å². The Morgan fingerprint density at radius 2 is 2.12 bits per heavy atom. The Morgan fingerprint density at radius 1 is 1.47 bits per heavy atom. The van der Waals surface area contributed by atoms with Crippen LogP contribution in [0.15, 0.2) is 0 Å². The summed E-state index contributed by atoms with van der Waals surface area (Å²) in [4.78, 5) is 13.7. The zero-order valence-corrected chi connectivity index (χ0v) is 11.2. The van der Waals surface area contributed by atoms with Crippen molar-refractivity contribution in [2.45, 2.75) is 46.7 Å². The van der Waals surface area contributed by atoms with Gasteiger partial charge in [-0.25, -0.2) is 0 Å². The van der Waals surface area contributed by atoms with Gasteiger partial charge in [0.25, 0.3) is 0 Å². The summed E-state index contributed by atoms with van der Waals surface area (Å²) in [6.45, 7) is 7.75. The van der Waals surface area contributed by atoms with Gasteiger partial charge in [0.1, 0.15) is 0 Å². The quantitative estimate of drug-likeness (QED) is 0.799. The molecule has 0 N–H and O–H groups in total. The minimum Gasteiger partial charge on any atom is -0.341 e. The lowest BCUT2D eigenvalue weighted by Gasteiger charge is -2.17. The molecule has 1 aromatic rings. The van der Waals surface area contributed by atoms with E-state index >= 15 is 0 Å². The summed E-state index contributed by atoms with van der Waals surface area (Å²) in [6.07, 6.45) is 2.13. The first kappa shape index (κ1) is 12.1. The van der Waals surface area contributed by atoms with Crippen molar-refractivity contribution >= 4 is 5.91 Å². The standard InChI is InChI=1S/C13H21N3O/c1-5-16-10(3)12(9(2)14-16)8-15(4)13(17)11-6-7-11/h11H,5-8H2,1-4H3. The molecule has 0 aromatic carbocycles. The molecule has 0 bridgehead atoms. The Balaban J connectivity index is 2.12. The largest absolute Gasteiger partial charge is 0.341 e. The van der Waals surface area contributed by atoms with Crippen molar-refractivity contribution in [1.29, 1.82) is 0 Å². The molecule has 1 aliphatic rings. The van der Waals surface area contributed by atoms with Crippen molar-refractivity contribution in [1.82, 2.24) is 14.7 Å². The van der Waals surface area contributed by atoms with E-state index in [-0.39, 0.29) is 5.91 Å². The second kappa shape index (κ2) is 4.51. The molecule has 0 atom stereocenters. The SMILES string of the molecule is CCn1nc(C)c(CN(C)C(=O)C2CC2)c1C. The molecule has 1 aliphatic carbocycles. The van der Waals surface area contributed by atoms with E-state index in [9.17, 15) is 4.79 Å². The highest BCUT2D eigenvalue weighted by molar-refractivity contribution is 5.80. The zero-order valence-electron chi connectivity index (χ0n) is 11.2. The molecule has 0 aliphatic heterocycles. The van der Waals surface area contributed by atoms with Crippen LogP contribution in [-0.4, -0.2) is 27.6 Å². The fourth-order valence-corrected chi connectivity index (χ4v) is 2.23. The second-order valence-corrected chi connectivity index (χ2v) is 4.93. The lowest BCUT2D eigenvalue weighted by Crippen LogP contribution is -2.27. The van der Waals surface area contributed by atoms with Crippen molar-refractivity contribution < 1.29 is 4.79 Å². The van der Waals surface area contributed by atoms with Gasteiger partial charge in [-0.3, -0.25) is 9.48 Å². The van der Waals surface area contributed by atoms with Gasteiger partial charge >= 0.3 is 0 Å². The van der Waals surface area contributed by atoms with Crippen molar-refractivity contribution in [2.75, 3.05) is 7.05 Å². The van der Waals surface area contributed by atoms with Crippen LogP contribution in [0.5, 0.6) is 0 Å². The van der Waals surface area contributed by atoms with Gasteiger partial charge in [0.15, 0.2) is 0 Å². The summed E-state index contributed by atoms with van der Waals surface area (Å²) in [5.74, 6) is 0.579. The molecule has 1 saturated carbocycles. The van der Waals surface area contributed by atoms with Crippen LogP contribution in [0.1, 0.15) is 36.7 Å². The van der Waals surface area contributed by atoms with E-state index < -0.39 is 0 Å². The maximum absolute atomic E-state index is 11.9. The molecule has 1 heterocycles. The average molecular weight is 235 g/mol. The van der Waals surface area contributed by atoms with Crippen LogP contribution in [0.2, 0.25) is 0 Å². The number of nitrogens with zero attached hydrogens (tertiary/aromatic N) is 3. The highest BCUT2D eigenvalue weighted by Gasteiger charge is 2.32. The molecule has 0 saturated heterocycles. The van der Waals surface area contributed by atoms with Gasteiger partial charge < -0.3 is 4.90 Å². The Kier molecular flexibility index (Phi) is 3.22. The first-order chi connectivity index (χ1) is 8.04. The lowest BCUT2D eigenvalue weighted by atomic mass is 10.2. The van der Waals surface area contributed by atoms with E-state index in [4.69, 9.17) is 0 Å². The Hall–Kier alpha value is -1.32. The summed E-state index contributed by atoms with van der Waals surface area (Å²) in [6, 6.07) is 0. The second-order valence-electron chi connectivity index (χ2n) is 4.93. The minimum atomic E-state index is 0.285. The first-order valence-electron chi connectivity index (χ1n) is 6.32. The van der Waals surface area contributed by atoms with Crippen LogP contribution < -0.4 is 0 Å². The number of carbonyl (C=O) groups excluding carboxylic acids is 1. The van der Waals surface area contributed by atoms with Crippen molar-refractivity contribution in [3.8, 4) is 0 Å². The van der Waals surface area contributed by atoms with E-state index in [1.54, 1.807) is 0 Å². The molecule has 4 heteroatoms. The third-order valence-corrected chi connectivity index (χ3v) is 3.53. The van der Waals surface area contributed by atoms with Gasteiger partial charge in [-0.15, -0.1) is 0 Å². The van der Waals surface area contributed by atoms with Crippen LogP contribution >= 0.6 is 0 Å². The Labute approximate surface area is 103 Å². The van der Waals surface area contributed by atoms with Crippen LogP contribution in [0, 0.1) is 19.8 Å². The summed E-state index contributed by atoms with van der Waals surface area (Å²) in [5.41, 5.74) is 3.42. The number of hydrogen-bond donors (Lipinski definition) is 0. The fourth-order valence-electron chi connectivity index (χ4n) is 2.23. The van der Waals surface area contributed by atoms with E-state index in [1.807, 2.05) is 23.6 Å². The van der Waals surface area contributed by atoms with E-state index in [0.29, 0.717) is 12.5 Å². The van der Waals surface area contributed by atoms with E-state index in [2.05, 4.69) is 18.9 Å². The number of hydrogen-bond acceptors (Lipinski definition) is 2. The molecule has 94 valence electrons. The minimum absolute atomic E-state index is 0.285. The molecule has 4 nitrogen and oxygen atoms in total. The Morgan fingerprint density at radius 3 is 2.59 bits per heavy atom. The summed E-state index contributed by atoms with van der Waals surface area (Å²) in [5, 5.41) is 4.48. The zero-order chi connectivity index (χ0) is 12.6. The predicted octanol–water partition coefficient (Wildman–Crippen LogP) is 1.89. The lowest BCUT2D eigenvalue weighted by molar-refractivity contribution is -0.131. The number of amides is 1. The van der Waals surface area contributed by atoms with Crippen LogP contribution in [0.3, 0.4) is 0 Å². The van der Waals surface area contributed by atoms with Gasteiger partial charge in [-0.05, 0) is 33.6 Å². The van der Waals surface area contributed by atoms with E-state index in [1.165, 1.54) is 11.3 Å². The van der Waals surface area contributed by atoms with Crippen LogP contribution in [-0.2, 0) is 17.9 Å². The third-order valence-electron chi connectivity index (χ3n) is 3.53. The molecule has 17 heavy (non-hydrogen) atoms. The normalized spacial score (nSPS) is 15.1. The van der Waals surface area contributed by atoms with Gasteiger partial charge in [0, 0.05) is 37.3 Å². The average Bonchev–Trinajstić information content (AvgIpc) is 3.10. The monoisotopic (exact) mass is 235 g/mol. The summed E-state index contributed by atoms with van der Waals surface area (Å²) >= 11 is 0. The fraction of sp³-hybridized carbons (Fsp3) is 0.692. The highest BCUT2D eigenvalue weighted by Crippen LogP contribution is 2.31. The molecular formula is C13H21N3O. The molecule has 1 aromatic heterocycles. The molecule has 1 fully saturated rings. The van der Waals surface area contributed by atoms with E-state index in [0.717, 1.165) is 25.1 Å². The number of aryl methyl sites for hydroxylation is 2. The molecule has 0 spiro atoms. The van der Waals surface area contributed by atoms with Crippen molar-refractivity contribution in [3.63, 3.8) is 0 Å². The first-order valence-corrected chi connectivity index (χ1v) is 6.32. The topological polar surface area (TPSA) is 38.1 Å². The van der Waals surface area contributed by atoms with Crippen LogP contribution in [0.25, 0.3) is 0 Å². The molecule has 1 amide bonds. The smallest absolute Gasteiger partial charge is 0.225 e. The van der Waals surface area contributed by atoms with Crippen LogP contribution in [0.4, 0.5) is 0 Å². The maximum atomic E-state index is 11.9. The molecule has 0 radical (unpaired) electrons. The van der Waals surface area contributed by atoms with Crippen molar-refractivity contribution in [2.24, 2.45) is 5.92 Å². The summed E-state index contributed by atoms with van der Waals surface area (Å²) in [7, 11) is 1.89. The number of aromatic nitrogens is 2. The van der Waals surface area contributed by atoms with Gasteiger partial charge in [0.05, 0.1) is 5.69 Å². The molecule has 0 unspecified atom stereocenters.